The smallest absolute Gasteiger partial charge is 0.273 e. The molecule has 2 aromatic heterocycles. The van der Waals surface area contributed by atoms with Crippen molar-refractivity contribution in [3.63, 3.8) is 0 Å². The van der Waals surface area contributed by atoms with Gasteiger partial charge in [0.1, 0.15) is 6.07 Å². The highest BCUT2D eigenvalue weighted by atomic mass is 32.1. The zero-order valence-corrected chi connectivity index (χ0v) is 12.3. The molecule has 0 spiro atoms. The first-order valence-electron chi connectivity index (χ1n) is 6.85. The van der Waals surface area contributed by atoms with Crippen LogP contribution in [0.3, 0.4) is 0 Å². The van der Waals surface area contributed by atoms with Crippen molar-refractivity contribution in [1.82, 2.24) is 15.0 Å². The van der Waals surface area contributed by atoms with E-state index < -0.39 is 0 Å². The Labute approximate surface area is 127 Å². The van der Waals surface area contributed by atoms with E-state index >= 15 is 0 Å². The molecule has 1 atom stereocenters. The van der Waals surface area contributed by atoms with Gasteiger partial charge in [-0.3, -0.25) is 0 Å². The van der Waals surface area contributed by atoms with E-state index in [9.17, 15) is 0 Å². The fraction of sp³-hybridized carbons (Fsp3) is 0.429. The van der Waals surface area contributed by atoms with E-state index in [1.807, 2.05) is 5.38 Å². The third-order valence-corrected chi connectivity index (χ3v) is 4.14. The molecule has 0 aromatic carbocycles. The van der Waals surface area contributed by atoms with Gasteiger partial charge in [-0.25, -0.2) is 15.0 Å². The van der Waals surface area contributed by atoms with Crippen molar-refractivity contribution in [1.29, 1.82) is 5.26 Å². The summed E-state index contributed by atoms with van der Waals surface area (Å²) in [6.45, 7) is 2.38. The van der Waals surface area contributed by atoms with Crippen LogP contribution in [0.15, 0.2) is 24.0 Å². The summed E-state index contributed by atoms with van der Waals surface area (Å²) in [5, 5.41) is 11.7. The van der Waals surface area contributed by atoms with E-state index in [0.29, 0.717) is 29.2 Å². The van der Waals surface area contributed by atoms with Crippen LogP contribution in [0.25, 0.3) is 0 Å². The number of piperidine rings is 1. The number of hydrogen-bond acceptors (Lipinski definition) is 7. The van der Waals surface area contributed by atoms with Gasteiger partial charge in [0, 0.05) is 43.0 Å². The second-order valence-electron chi connectivity index (χ2n) is 4.90. The van der Waals surface area contributed by atoms with E-state index in [2.05, 4.69) is 25.9 Å². The standard InChI is InChI=1S/C14H15N5OS/c15-8-12-13(17-4-3-16-12)19-6-1-2-11(9-19)10-20-14-18-5-7-21-14/h3-5,7,11H,1-2,6,9-10H2. The van der Waals surface area contributed by atoms with Crippen LogP contribution in [-0.2, 0) is 0 Å². The number of rotatable bonds is 4. The number of ether oxygens (including phenoxy) is 1. The highest BCUT2D eigenvalue weighted by Gasteiger charge is 2.23. The van der Waals surface area contributed by atoms with Crippen LogP contribution in [0.2, 0.25) is 0 Å². The average molecular weight is 301 g/mol. The largest absolute Gasteiger partial charge is 0.470 e. The van der Waals surface area contributed by atoms with E-state index in [-0.39, 0.29) is 0 Å². The van der Waals surface area contributed by atoms with Gasteiger partial charge in [-0.1, -0.05) is 11.3 Å². The number of anilines is 1. The van der Waals surface area contributed by atoms with Gasteiger partial charge in [0.15, 0.2) is 11.5 Å². The Morgan fingerprint density at radius 3 is 3.05 bits per heavy atom. The second kappa shape index (κ2) is 6.50. The minimum atomic E-state index is 0.388. The summed E-state index contributed by atoms with van der Waals surface area (Å²) >= 11 is 1.50. The third kappa shape index (κ3) is 3.28. The molecule has 0 bridgehead atoms. The molecule has 1 fully saturated rings. The monoisotopic (exact) mass is 301 g/mol. The molecular formula is C14H15N5OS. The first kappa shape index (κ1) is 13.8. The van der Waals surface area contributed by atoms with Crippen LogP contribution in [0.5, 0.6) is 5.19 Å². The lowest BCUT2D eigenvalue weighted by molar-refractivity contribution is 0.227. The van der Waals surface area contributed by atoms with Crippen LogP contribution in [0.4, 0.5) is 5.82 Å². The SMILES string of the molecule is N#Cc1nccnc1N1CCCC(COc2nccs2)C1. The molecule has 2 aromatic rings. The van der Waals surface area contributed by atoms with Crippen molar-refractivity contribution in [2.45, 2.75) is 12.8 Å². The molecule has 0 saturated carbocycles. The van der Waals surface area contributed by atoms with Gasteiger partial charge in [0.2, 0.25) is 0 Å². The first-order chi connectivity index (χ1) is 10.4. The highest BCUT2D eigenvalue weighted by molar-refractivity contribution is 7.11. The Balaban J connectivity index is 1.64. The molecule has 1 aliphatic rings. The molecule has 108 valence electrons. The Morgan fingerprint density at radius 2 is 2.24 bits per heavy atom. The van der Waals surface area contributed by atoms with E-state index in [1.54, 1.807) is 18.6 Å². The lowest BCUT2D eigenvalue weighted by Crippen LogP contribution is -2.38. The van der Waals surface area contributed by atoms with Crippen molar-refractivity contribution in [2.75, 3.05) is 24.6 Å². The molecule has 0 amide bonds. The number of hydrogen-bond donors (Lipinski definition) is 0. The van der Waals surface area contributed by atoms with Crippen LogP contribution >= 0.6 is 11.3 Å². The minimum absolute atomic E-state index is 0.388. The summed E-state index contributed by atoms with van der Waals surface area (Å²) < 4.78 is 5.71. The lowest BCUT2D eigenvalue weighted by Gasteiger charge is -2.33. The fourth-order valence-electron chi connectivity index (χ4n) is 2.51. The molecule has 0 aliphatic carbocycles. The summed E-state index contributed by atoms with van der Waals surface area (Å²) in [6.07, 6.45) is 7.10. The second-order valence-corrected chi connectivity index (χ2v) is 5.76. The molecule has 21 heavy (non-hydrogen) atoms. The number of nitrogens with zero attached hydrogens (tertiary/aromatic N) is 5. The Morgan fingerprint density at radius 1 is 1.33 bits per heavy atom. The summed E-state index contributed by atoms with van der Waals surface area (Å²) in [4.78, 5) is 14.6. The minimum Gasteiger partial charge on any atom is -0.470 e. The lowest BCUT2D eigenvalue weighted by atomic mass is 9.99. The quantitative estimate of drug-likeness (QED) is 0.861. The topological polar surface area (TPSA) is 74.9 Å². The third-order valence-electron chi connectivity index (χ3n) is 3.46. The van der Waals surface area contributed by atoms with E-state index in [0.717, 1.165) is 25.9 Å². The van der Waals surface area contributed by atoms with E-state index in [4.69, 9.17) is 10.00 Å². The molecule has 1 unspecified atom stereocenters. The zero-order chi connectivity index (χ0) is 14.5. The molecule has 3 heterocycles. The maximum Gasteiger partial charge on any atom is 0.273 e. The Kier molecular flexibility index (Phi) is 4.26. The molecule has 1 saturated heterocycles. The van der Waals surface area contributed by atoms with Crippen molar-refractivity contribution >= 4 is 17.2 Å². The zero-order valence-electron chi connectivity index (χ0n) is 11.5. The number of aromatic nitrogens is 3. The van der Waals surface area contributed by atoms with Crippen LogP contribution in [0.1, 0.15) is 18.5 Å². The molecule has 7 heteroatoms. The van der Waals surface area contributed by atoms with Gasteiger partial charge in [-0.2, -0.15) is 5.26 Å². The van der Waals surface area contributed by atoms with Crippen LogP contribution in [-0.4, -0.2) is 34.6 Å². The normalized spacial score (nSPS) is 18.2. The van der Waals surface area contributed by atoms with Crippen molar-refractivity contribution in [3.8, 4) is 11.3 Å². The molecule has 0 N–H and O–H groups in total. The molecule has 1 aliphatic heterocycles. The van der Waals surface area contributed by atoms with Gasteiger partial charge in [-0.05, 0) is 12.8 Å². The number of nitriles is 1. The van der Waals surface area contributed by atoms with E-state index in [1.165, 1.54) is 11.3 Å². The summed E-state index contributed by atoms with van der Waals surface area (Å²) in [6, 6.07) is 2.11. The summed E-state index contributed by atoms with van der Waals surface area (Å²) in [5.74, 6) is 1.09. The van der Waals surface area contributed by atoms with Gasteiger partial charge < -0.3 is 9.64 Å². The maximum absolute atomic E-state index is 9.13. The summed E-state index contributed by atoms with van der Waals surface area (Å²) in [5.41, 5.74) is 0.388. The first-order valence-corrected chi connectivity index (χ1v) is 7.73. The van der Waals surface area contributed by atoms with Crippen molar-refractivity contribution in [2.24, 2.45) is 5.92 Å². The molecular weight excluding hydrogens is 286 g/mol. The predicted octanol–water partition coefficient (Wildman–Crippen LogP) is 2.10. The van der Waals surface area contributed by atoms with Crippen molar-refractivity contribution < 1.29 is 4.74 Å². The van der Waals surface area contributed by atoms with Gasteiger partial charge >= 0.3 is 0 Å². The molecule has 3 rings (SSSR count). The Hall–Kier alpha value is -2.20. The van der Waals surface area contributed by atoms with Crippen LogP contribution < -0.4 is 9.64 Å². The average Bonchev–Trinajstić information content (AvgIpc) is 3.06. The maximum atomic E-state index is 9.13. The summed E-state index contributed by atoms with van der Waals surface area (Å²) in [7, 11) is 0. The molecule has 0 radical (unpaired) electrons. The number of thiazole rings is 1. The predicted molar refractivity (Wildman–Crippen MR) is 79.3 cm³/mol. The van der Waals surface area contributed by atoms with Crippen LogP contribution in [0, 0.1) is 17.2 Å². The fourth-order valence-corrected chi connectivity index (χ4v) is 3.00. The van der Waals surface area contributed by atoms with Crippen molar-refractivity contribution in [3.05, 3.63) is 29.7 Å². The highest BCUT2D eigenvalue weighted by Crippen LogP contribution is 2.24. The van der Waals surface area contributed by atoms with Gasteiger partial charge in [0.25, 0.3) is 5.19 Å². The van der Waals surface area contributed by atoms with Gasteiger partial charge in [0.05, 0.1) is 6.61 Å². The molecule has 6 nitrogen and oxygen atoms in total. The Bertz CT molecular complexity index is 625. The van der Waals surface area contributed by atoms with Gasteiger partial charge in [-0.15, -0.1) is 0 Å².